The third kappa shape index (κ3) is 8.36. The maximum atomic E-state index is 12.6. The Labute approximate surface area is 232 Å². The first-order valence-electron chi connectivity index (χ1n) is 11.5. The molecule has 0 saturated carbocycles. The molecule has 7 N–H and O–H groups in total. The first kappa shape index (κ1) is 29.3. The van der Waals surface area contributed by atoms with Crippen LogP contribution in [0.2, 0.25) is 5.02 Å². The van der Waals surface area contributed by atoms with E-state index in [0.29, 0.717) is 16.8 Å². The molecule has 1 atom stereocenters. The van der Waals surface area contributed by atoms with Gasteiger partial charge in [0.25, 0.3) is 0 Å². The standard InChI is InChI=1S/C26H23ClN6O7/c27-20-13-19(40-25(39)16-5-8-18(9-6-16)30-26(28)32-33-29)10-7-17(20)12-22(34)31-21(24(37)38)11-14-1-3-15(4-2-14)23(35)36/h1-10,13,21H,11-12H2,(H,31,34)(H,35,36)(H,37,38)(H4,28,29,30,32)/t21-/m0/s1. The van der Waals surface area contributed by atoms with Crippen molar-refractivity contribution in [1.29, 1.82) is 0 Å². The number of nitrogens with zero attached hydrogens (tertiary/aromatic N) is 3. The summed E-state index contributed by atoms with van der Waals surface area (Å²) < 4.78 is 5.34. The number of guanidine groups is 1. The number of benzene rings is 3. The van der Waals surface area contributed by atoms with Crippen LogP contribution >= 0.6 is 11.6 Å². The average Bonchev–Trinajstić information content (AvgIpc) is 2.90. The maximum Gasteiger partial charge on any atom is 0.343 e. The molecular formula is C26H23ClN6O7. The summed E-state index contributed by atoms with van der Waals surface area (Å²) in [5.74, 6) is 1.23. The second-order valence-electron chi connectivity index (χ2n) is 8.22. The molecule has 0 fully saturated rings. The van der Waals surface area contributed by atoms with E-state index in [-0.39, 0.29) is 40.7 Å². The van der Waals surface area contributed by atoms with Gasteiger partial charge >= 0.3 is 17.9 Å². The summed E-state index contributed by atoms with van der Waals surface area (Å²) in [4.78, 5) is 51.6. The predicted molar refractivity (Wildman–Crippen MR) is 144 cm³/mol. The number of amides is 1. The number of nitrogens with one attached hydrogen (secondary N) is 1. The highest BCUT2D eigenvalue weighted by atomic mass is 35.5. The second kappa shape index (κ2) is 13.5. The van der Waals surface area contributed by atoms with Crippen LogP contribution in [-0.4, -0.2) is 46.0 Å². The molecule has 0 heterocycles. The molecule has 3 aromatic rings. The zero-order chi connectivity index (χ0) is 29.2. The molecule has 3 rings (SSSR count). The Morgan fingerprint density at radius 2 is 1.60 bits per heavy atom. The minimum absolute atomic E-state index is 0.0524. The SMILES string of the molecule is NN=NC(N)=Nc1ccc(C(=O)Oc2ccc(CC(=O)N[C@@H](Cc3ccc(C(=O)O)cc3)C(=O)O)c(Cl)c2)cc1. The highest BCUT2D eigenvalue weighted by Crippen LogP contribution is 2.24. The molecule has 0 aliphatic carbocycles. The lowest BCUT2D eigenvalue weighted by molar-refractivity contribution is -0.141. The summed E-state index contributed by atoms with van der Waals surface area (Å²) in [6.07, 6.45) is -0.285. The zero-order valence-corrected chi connectivity index (χ0v) is 21.4. The first-order chi connectivity index (χ1) is 19.0. The fourth-order valence-electron chi connectivity index (χ4n) is 3.42. The Bertz CT molecular complexity index is 1470. The Hall–Kier alpha value is -5.30. The first-order valence-corrected chi connectivity index (χ1v) is 11.8. The number of aromatic carboxylic acids is 1. The van der Waals surface area contributed by atoms with Gasteiger partial charge in [0.15, 0.2) is 0 Å². The van der Waals surface area contributed by atoms with E-state index < -0.39 is 29.9 Å². The summed E-state index contributed by atoms with van der Waals surface area (Å²) in [6.45, 7) is 0. The number of ether oxygens (including phenoxy) is 1. The van der Waals surface area contributed by atoms with Gasteiger partial charge in [0, 0.05) is 11.4 Å². The molecular weight excluding hydrogens is 544 g/mol. The van der Waals surface area contributed by atoms with E-state index in [1.165, 1.54) is 66.7 Å². The number of aliphatic carboxylic acids is 1. The van der Waals surface area contributed by atoms with Crippen LogP contribution < -0.4 is 21.6 Å². The van der Waals surface area contributed by atoms with Gasteiger partial charge in [-0.05, 0) is 59.7 Å². The Balaban J connectivity index is 1.60. The van der Waals surface area contributed by atoms with Crippen LogP contribution in [-0.2, 0) is 22.4 Å². The largest absolute Gasteiger partial charge is 0.480 e. The molecule has 0 bridgehead atoms. The van der Waals surface area contributed by atoms with E-state index in [4.69, 9.17) is 33.0 Å². The van der Waals surface area contributed by atoms with Crippen molar-refractivity contribution >= 4 is 47.1 Å². The van der Waals surface area contributed by atoms with E-state index in [0.717, 1.165) is 0 Å². The van der Waals surface area contributed by atoms with Crippen molar-refractivity contribution in [3.05, 3.63) is 94.0 Å². The average molecular weight is 567 g/mol. The number of hydrogen-bond acceptors (Lipinski definition) is 7. The predicted octanol–water partition coefficient (Wildman–Crippen LogP) is 2.88. The van der Waals surface area contributed by atoms with Crippen LogP contribution in [0.3, 0.4) is 0 Å². The number of nitrogens with two attached hydrogens (primary N) is 2. The fraction of sp³-hybridized carbons (Fsp3) is 0.115. The van der Waals surface area contributed by atoms with Gasteiger partial charge in [-0.3, -0.25) is 4.79 Å². The molecule has 13 nitrogen and oxygen atoms in total. The van der Waals surface area contributed by atoms with Crippen LogP contribution in [0.5, 0.6) is 5.75 Å². The van der Waals surface area contributed by atoms with Gasteiger partial charge < -0.3 is 31.8 Å². The van der Waals surface area contributed by atoms with E-state index in [1.54, 1.807) is 0 Å². The molecule has 14 heteroatoms. The van der Waals surface area contributed by atoms with Crippen molar-refractivity contribution in [2.45, 2.75) is 18.9 Å². The summed E-state index contributed by atoms with van der Waals surface area (Å²) in [5.41, 5.74) is 7.09. The summed E-state index contributed by atoms with van der Waals surface area (Å²) in [7, 11) is 0. The van der Waals surface area contributed by atoms with Crippen LogP contribution in [0.25, 0.3) is 0 Å². The number of carbonyl (C=O) groups is 4. The smallest absolute Gasteiger partial charge is 0.343 e. The number of carboxylic acids is 2. The number of esters is 1. The molecule has 0 aliphatic heterocycles. The monoisotopic (exact) mass is 566 g/mol. The van der Waals surface area contributed by atoms with Crippen LogP contribution in [0.4, 0.5) is 5.69 Å². The van der Waals surface area contributed by atoms with Gasteiger partial charge in [-0.25, -0.2) is 19.4 Å². The second-order valence-corrected chi connectivity index (χ2v) is 8.62. The van der Waals surface area contributed by atoms with E-state index in [2.05, 4.69) is 20.6 Å². The van der Waals surface area contributed by atoms with Gasteiger partial charge in [-0.2, -0.15) is 0 Å². The quantitative estimate of drug-likeness (QED) is 0.0462. The summed E-state index contributed by atoms with van der Waals surface area (Å²) in [6, 6.07) is 14.7. The van der Waals surface area contributed by atoms with Crippen molar-refractivity contribution in [3.63, 3.8) is 0 Å². The van der Waals surface area contributed by atoms with Crippen molar-refractivity contribution in [2.75, 3.05) is 0 Å². The van der Waals surface area contributed by atoms with E-state index in [1.807, 2.05) is 0 Å². The Morgan fingerprint density at radius 1 is 0.950 bits per heavy atom. The van der Waals surface area contributed by atoms with Crippen molar-refractivity contribution < 1.29 is 34.1 Å². The molecule has 0 unspecified atom stereocenters. The Morgan fingerprint density at radius 3 is 2.17 bits per heavy atom. The highest BCUT2D eigenvalue weighted by molar-refractivity contribution is 6.31. The molecule has 0 radical (unpaired) electrons. The maximum absolute atomic E-state index is 12.6. The number of halogens is 1. The number of hydrogen-bond donors (Lipinski definition) is 5. The molecule has 0 aliphatic rings. The zero-order valence-electron chi connectivity index (χ0n) is 20.7. The fourth-order valence-corrected chi connectivity index (χ4v) is 3.66. The van der Waals surface area contributed by atoms with E-state index >= 15 is 0 Å². The van der Waals surface area contributed by atoms with Gasteiger partial charge in [0.1, 0.15) is 11.8 Å². The van der Waals surface area contributed by atoms with Crippen LogP contribution in [0.15, 0.2) is 82.1 Å². The summed E-state index contributed by atoms with van der Waals surface area (Å²) >= 11 is 6.28. The number of carboxylic acid groups (broad SMARTS) is 2. The molecule has 206 valence electrons. The lowest BCUT2D eigenvalue weighted by atomic mass is 10.0. The number of carbonyl (C=O) groups excluding carboxylic acids is 2. The molecule has 0 spiro atoms. The lowest BCUT2D eigenvalue weighted by Gasteiger charge is -2.15. The van der Waals surface area contributed by atoms with Crippen molar-refractivity contribution in [2.24, 2.45) is 26.9 Å². The number of rotatable bonds is 10. The van der Waals surface area contributed by atoms with Crippen LogP contribution in [0.1, 0.15) is 31.8 Å². The van der Waals surface area contributed by atoms with Crippen LogP contribution in [0, 0.1) is 0 Å². The van der Waals surface area contributed by atoms with Crippen molar-refractivity contribution in [3.8, 4) is 5.75 Å². The van der Waals surface area contributed by atoms with Crippen molar-refractivity contribution in [1.82, 2.24) is 5.32 Å². The molecule has 3 aromatic carbocycles. The topological polar surface area (TPSA) is 219 Å². The highest BCUT2D eigenvalue weighted by Gasteiger charge is 2.21. The van der Waals surface area contributed by atoms with Gasteiger partial charge in [0.05, 0.1) is 23.2 Å². The molecule has 1 amide bonds. The van der Waals surface area contributed by atoms with Gasteiger partial charge in [0.2, 0.25) is 11.9 Å². The third-order valence-electron chi connectivity index (χ3n) is 5.37. The molecule has 0 saturated heterocycles. The lowest BCUT2D eigenvalue weighted by Crippen LogP contribution is -2.43. The molecule has 40 heavy (non-hydrogen) atoms. The normalized spacial score (nSPS) is 12.1. The minimum atomic E-state index is -1.26. The van der Waals surface area contributed by atoms with Gasteiger partial charge in [-0.1, -0.05) is 40.1 Å². The Kier molecular flexibility index (Phi) is 9.86. The summed E-state index contributed by atoms with van der Waals surface area (Å²) in [5, 5.41) is 27.5. The third-order valence-corrected chi connectivity index (χ3v) is 5.72. The molecule has 0 aromatic heterocycles. The number of aliphatic imine (C=N–C) groups is 1. The van der Waals surface area contributed by atoms with Gasteiger partial charge in [-0.15, -0.1) is 0 Å². The minimum Gasteiger partial charge on any atom is -0.480 e. The van der Waals surface area contributed by atoms with E-state index in [9.17, 15) is 24.3 Å².